The van der Waals surface area contributed by atoms with E-state index in [4.69, 9.17) is 9.47 Å². The molecule has 0 amide bonds. The van der Waals surface area contributed by atoms with E-state index in [1.807, 2.05) is 0 Å². The number of fused-ring (bicyclic) bond motifs is 1. The summed E-state index contributed by atoms with van der Waals surface area (Å²) in [5.41, 5.74) is 0.278. The molecule has 0 aromatic heterocycles. The van der Waals surface area contributed by atoms with E-state index in [1.54, 1.807) is 0 Å². The van der Waals surface area contributed by atoms with Gasteiger partial charge in [-0.05, 0) is 6.07 Å². The molecule has 6 nitrogen and oxygen atoms in total. The molecule has 0 radical (unpaired) electrons. The van der Waals surface area contributed by atoms with Crippen molar-refractivity contribution in [2.24, 2.45) is 0 Å². The number of hydrogen-bond donors (Lipinski definition) is 1. The van der Waals surface area contributed by atoms with Gasteiger partial charge in [0.25, 0.3) is 0 Å². The van der Waals surface area contributed by atoms with Crippen LogP contribution in [0.3, 0.4) is 0 Å². The van der Waals surface area contributed by atoms with Crippen molar-refractivity contribution in [1.82, 2.24) is 0 Å². The van der Waals surface area contributed by atoms with E-state index in [2.05, 4.69) is 4.74 Å². The minimum Gasteiger partial charge on any atom is -0.504 e. The molecule has 6 heteroatoms. The fraction of sp³-hybridized carbons (Fsp3) is 0.273. The van der Waals surface area contributed by atoms with Crippen molar-refractivity contribution in [3.05, 3.63) is 17.7 Å². The first-order valence-electron chi connectivity index (χ1n) is 4.79. The van der Waals surface area contributed by atoms with Gasteiger partial charge in [-0.1, -0.05) is 0 Å². The maximum atomic E-state index is 11.5. The number of rotatable bonds is 2. The van der Waals surface area contributed by atoms with Crippen LogP contribution in [-0.4, -0.2) is 31.3 Å². The van der Waals surface area contributed by atoms with E-state index in [0.29, 0.717) is 0 Å². The molecule has 1 unspecified atom stereocenters. The molecule has 1 aliphatic heterocycles. The summed E-state index contributed by atoms with van der Waals surface area (Å²) in [5.74, 6) is -2.40. The van der Waals surface area contributed by atoms with Crippen molar-refractivity contribution >= 4 is 11.9 Å². The fourth-order valence-corrected chi connectivity index (χ4v) is 1.68. The number of ether oxygens (including phenoxy) is 3. The summed E-state index contributed by atoms with van der Waals surface area (Å²) in [6, 6.07) is 2.62. The van der Waals surface area contributed by atoms with Crippen LogP contribution in [0.2, 0.25) is 0 Å². The summed E-state index contributed by atoms with van der Waals surface area (Å²) in [6.45, 7) is 0. The van der Waals surface area contributed by atoms with E-state index >= 15 is 0 Å². The van der Waals surface area contributed by atoms with Gasteiger partial charge in [-0.3, -0.25) is 9.59 Å². The van der Waals surface area contributed by atoms with E-state index in [1.165, 1.54) is 26.4 Å². The van der Waals surface area contributed by atoms with Crippen molar-refractivity contribution in [1.29, 1.82) is 0 Å². The van der Waals surface area contributed by atoms with Crippen LogP contribution in [0, 0.1) is 0 Å². The highest BCUT2D eigenvalue weighted by molar-refractivity contribution is 6.05. The lowest BCUT2D eigenvalue weighted by molar-refractivity contribution is -0.149. The van der Waals surface area contributed by atoms with Gasteiger partial charge in [-0.25, -0.2) is 0 Å². The van der Waals surface area contributed by atoms with Crippen LogP contribution >= 0.6 is 0 Å². The van der Waals surface area contributed by atoms with Crippen LogP contribution in [-0.2, 0) is 14.3 Å². The Labute approximate surface area is 96.7 Å². The first kappa shape index (κ1) is 11.3. The molecule has 90 valence electrons. The Bertz CT molecular complexity index is 493. The Hall–Kier alpha value is -2.24. The first-order valence-corrected chi connectivity index (χ1v) is 4.79. The van der Waals surface area contributed by atoms with Gasteiger partial charge in [0.05, 0.1) is 14.2 Å². The lowest BCUT2D eigenvalue weighted by Gasteiger charge is -2.07. The predicted octanol–water partition coefficient (Wildman–Crippen LogP) is 0.576. The summed E-state index contributed by atoms with van der Waals surface area (Å²) >= 11 is 0. The van der Waals surface area contributed by atoms with Crippen LogP contribution in [0.1, 0.15) is 11.5 Å². The molecule has 1 heterocycles. The molecule has 0 bridgehead atoms. The summed E-state index contributed by atoms with van der Waals surface area (Å²) in [7, 11) is 2.55. The molecule has 0 saturated heterocycles. The second-order valence-corrected chi connectivity index (χ2v) is 3.44. The molecule has 1 aliphatic rings. The SMILES string of the molecule is COC(=O)C1C(=O)Oc2cc(OC)c(O)cc21. The van der Waals surface area contributed by atoms with E-state index < -0.39 is 17.9 Å². The van der Waals surface area contributed by atoms with Crippen LogP contribution in [0.25, 0.3) is 0 Å². The summed E-state index contributed by atoms with van der Waals surface area (Å²) < 4.78 is 14.3. The average molecular weight is 238 g/mol. The number of methoxy groups -OCH3 is 2. The second-order valence-electron chi connectivity index (χ2n) is 3.44. The van der Waals surface area contributed by atoms with E-state index in [9.17, 15) is 14.7 Å². The van der Waals surface area contributed by atoms with Crippen LogP contribution in [0.5, 0.6) is 17.2 Å². The maximum Gasteiger partial charge on any atom is 0.330 e. The molecule has 0 saturated carbocycles. The lowest BCUT2D eigenvalue weighted by atomic mass is 10.0. The maximum absolute atomic E-state index is 11.5. The number of hydrogen-bond acceptors (Lipinski definition) is 6. The number of carbonyl (C=O) groups is 2. The highest BCUT2D eigenvalue weighted by Gasteiger charge is 2.40. The molecule has 0 aliphatic carbocycles. The lowest BCUT2D eigenvalue weighted by Crippen LogP contribution is -2.20. The molecule has 2 rings (SSSR count). The topological polar surface area (TPSA) is 82.1 Å². The van der Waals surface area contributed by atoms with Gasteiger partial charge >= 0.3 is 11.9 Å². The van der Waals surface area contributed by atoms with Crippen LogP contribution in [0.15, 0.2) is 12.1 Å². The van der Waals surface area contributed by atoms with Gasteiger partial charge in [0.15, 0.2) is 17.4 Å². The third kappa shape index (κ3) is 1.67. The summed E-state index contributed by atoms with van der Waals surface area (Å²) in [4.78, 5) is 22.9. The molecular weight excluding hydrogens is 228 g/mol. The number of phenolic OH excluding ortho intramolecular Hbond substituents is 1. The van der Waals surface area contributed by atoms with Crippen molar-refractivity contribution in [2.75, 3.05) is 14.2 Å². The Balaban J connectivity index is 2.50. The van der Waals surface area contributed by atoms with Crippen LogP contribution < -0.4 is 9.47 Å². The van der Waals surface area contributed by atoms with Crippen LogP contribution in [0.4, 0.5) is 0 Å². The molecule has 17 heavy (non-hydrogen) atoms. The molecule has 1 aromatic carbocycles. The van der Waals surface area contributed by atoms with Gasteiger partial charge in [-0.15, -0.1) is 0 Å². The van der Waals surface area contributed by atoms with Crippen molar-refractivity contribution in [2.45, 2.75) is 5.92 Å². The normalized spacial score (nSPS) is 17.3. The van der Waals surface area contributed by atoms with Gasteiger partial charge in [0.1, 0.15) is 5.75 Å². The molecular formula is C11H10O6. The Kier molecular flexibility index (Phi) is 2.63. The standard InChI is InChI=1S/C11H10O6/c1-15-8-4-7-5(3-6(8)12)9(10(13)16-2)11(14)17-7/h3-4,9,12H,1-2H3. The van der Waals surface area contributed by atoms with Crippen molar-refractivity contribution in [3.8, 4) is 17.2 Å². The van der Waals surface area contributed by atoms with Gasteiger partial charge in [0.2, 0.25) is 0 Å². The monoisotopic (exact) mass is 238 g/mol. The molecule has 0 fully saturated rings. The highest BCUT2D eigenvalue weighted by Crippen LogP contribution is 2.42. The number of carbonyl (C=O) groups excluding carboxylic acids is 2. The largest absolute Gasteiger partial charge is 0.504 e. The Morgan fingerprint density at radius 2 is 2.12 bits per heavy atom. The quantitative estimate of drug-likeness (QED) is 0.461. The first-order chi connectivity index (χ1) is 8.08. The number of aromatic hydroxyl groups is 1. The third-order valence-corrected chi connectivity index (χ3v) is 2.51. The third-order valence-electron chi connectivity index (χ3n) is 2.51. The number of esters is 2. The fourth-order valence-electron chi connectivity index (χ4n) is 1.68. The van der Waals surface area contributed by atoms with Gasteiger partial charge in [-0.2, -0.15) is 0 Å². The van der Waals surface area contributed by atoms with Crippen molar-refractivity contribution in [3.63, 3.8) is 0 Å². The smallest absolute Gasteiger partial charge is 0.330 e. The second kappa shape index (κ2) is 3.97. The van der Waals surface area contributed by atoms with Gasteiger partial charge < -0.3 is 19.3 Å². The zero-order valence-corrected chi connectivity index (χ0v) is 9.22. The predicted molar refractivity (Wildman–Crippen MR) is 55.1 cm³/mol. The minimum atomic E-state index is -1.15. The molecule has 1 atom stereocenters. The van der Waals surface area contributed by atoms with E-state index in [0.717, 1.165) is 0 Å². The summed E-state index contributed by atoms with van der Waals surface area (Å²) in [5, 5.41) is 9.59. The number of benzene rings is 1. The Morgan fingerprint density at radius 3 is 2.71 bits per heavy atom. The molecule has 0 spiro atoms. The number of phenols is 1. The molecule has 1 N–H and O–H groups in total. The summed E-state index contributed by atoms with van der Waals surface area (Å²) in [6.07, 6.45) is 0. The van der Waals surface area contributed by atoms with E-state index in [-0.39, 0.29) is 22.8 Å². The van der Waals surface area contributed by atoms with Gasteiger partial charge in [0, 0.05) is 11.6 Å². The zero-order valence-electron chi connectivity index (χ0n) is 9.22. The minimum absolute atomic E-state index is 0.168. The molecule has 1 aromatic rings. The zero-order chi connectivity index (χ0) is 12.6. The van der Waals surface area contributed by atoms with Crippen molar-refractivity contribution < 1.29 is 28.9 Å². The average Bonchev–Trinajstić information content (AvgIpc) is 2.62. The highest BCUT2D eigenvalue weighted by atomic mass is 16.6. The Morgan fingerprint density at radius 1 is 1.41 bits per heavy atom.